The van der Waals surface area contributed by atoms with Crippen molar-refractivity contribution in [3.8, 4) is 11.8 Å². The van der Waals surface area contributed by atoms with Crippen LogP contribution in [0.4, 0.5) is 28.8 Å². The van der Waals surface area contributed by atoms with Gasteiger partial charge in [0.15, 0.2) is 5.82 Å². The van der Waals surface area contributed by atoms with E-state index in [9.17, 15) is 10.4 Å². The molecule has 181 valence electrons. The minimum atomic E-state index is 0.173. The molecule has 0 unspecified atom stereocenters. The van der Waals surface area contributed by atoms with Gasteiger partial charge in [-0.25, -0.2) is 4.98 Å². The van der Waals surface area contributed by atoms with Crippen molar-refractivity contribution in [2.75, 3.05) is 48.3 Å². The Bertz CT molecular complexity index is 1180. The number of anilines is 5. The number of rotatable bonds is 8. The molecule has 1 aromatic heterocycles. The monoisotopic (exact) mass is 470 g/mol. The number of hydrogen-bond acceptors (Lipinski definition) is 8. The van der Waals surface area contributed by atoms with E-state index in [1.165, 1.54) is 23.4 Å². The molecule has 0 atom stereocenters. The highest BCUT2D eigenvalue weighted by Crippen LogP contribution is 2.29. The largest absolute Gasteiger partial charge is 0.508 e. The predicted molar refractivity (Wildman–Crippen MR) is 140 cm³/mol. The molecule has 0 aliphatic carbocycles. The quantitative estimate of drug-likeness (QED) is 0.402. The molecule has 3 N–H and O–H groups in total. The molecule has 2 heterocycles. The first-order valence-electron chi connectivity index (χ1n) is 11.9. The van der Waals surface area contributed by atoms with Crippen molar-refractivity contribution in [2.45, 2.75) is 27.2 Å². The lowest BCUT2D eigenvalue weighted by Crippen LogP contribution is -2.46. The number of phenols is 1. The van der Waals surface area contributed by atoms with E-state index in [4.69, 9.17) is 0 Å². The summed E-state index contributed by atoms with van der Waals surface area (Å²) in [6.45, 7) is 11.8. The number of benzene rings is 2. The lowest BCUT2D eigenvalue weighted by molar-refractivity contribution is 0.271. The average Bonchev–Trinajstić information content (AvgIpc) is 2.86. The van der Waals surface area contributed by atoms with Crippen molar-refractivity contribution in [1.82, 2.24) is 14.9 Å². The highest BCUT2D eigenvalue weighted by Gasteiger charge is 2.18. The van der Waals surface area contributed by atoms with Gasteiger partial charge in [-0.2, -0.15) is 10.2 Å². The van der Waals surface area contributed by atoms with Crippen molar-refractivity contribution < 1.29 is 5.11 Å². The number of hydrogen-bond donors (Lipinski definition) is 3. The van der Waals surface area contributed by atoms with Crippen molar-refractivity contribution in [3.05, 3.63) is 65.7 Å². The number of nitrogens with zero attached hydrogens (tertiary/aromatic N) is 5. The van der Waals surface area contributed by atoms with Gasteiger partial charge in [0.2, 0.25) is 5.95 Å². The van der Waals surface area contributed by atoms with Crippen molar-refractivity contribution in [3.63, 3.8) is 0 Å². The van der Waals surface area contributed by atoms with Crippen molar-refractivity contribution in [2.24, 2.45) is 0 Å². The third-order valence-electron chi connectivity index (χ3n) is 6.10. The smallest absolute Gasteiger partial charge is 0.229 e. The van der Waals surface area contributed by atoms with Gasteiger partial charge in [0.1, 0.15) is 17.4 Å². The molecular weight excluding hydrogens is 438 g/mol. The van der Waals surface area contributed by atoms with Crippen LogP contribution in [0.2, 0.25) is 0 Å². The molecular formula is C27H32N7O. The van der Waals surface area contributed by atoms with Crippen LogP contribution < -0.4 is 15.5 Å². The summed E-state index contributed by atoms with van der Waals surface area (Å²) in [6, 6.07) is 15.2. The normalized spacial score (nSPS) is 14.1. The maximum atomic E-state index is 9.52. The molecule has 1 aliphatic rings. The number of nitrogens with one attached hydrogen (secondary N) is 2. The molecule has 35 heavy (non-hydrogen) atoms. The maximum Gasteiger partial charge on any atom is 0.229 e. The van der Waals surface area contributed by atoms with Crippen LogP contribution in [0.1, 0.15) is 31.9 Å². The van der Waals surface area contributed by atoms with E-state index in [-0.39, 0.29) is 5.75 Å². The summed E-state index contributed by atoms with van der Waals surface area (Å²) in [5, 5.41) is 25.5. The Kier molecular flexibility index (Phi) is 7.68. The Hall–Kier alpha value is -3.83. The van der Waals surface area contributed by atoms with Crippen LogP contribution in [0.15, 0.2) is 48.7 Å². The van der Waals surface area contributed by atoms with Gasteiger partial charge in [-0.15, -0.1) is 0 Å². The summed E-state index contributed by atoms with van der Waals surface area (Å²) in [5.41, 5.74) is 4.42. The Morgan fingerprint density at radius 3 is 2.46 bits per heavy atom. The van der Waals surface area contributed by atoms with Gasteiger partial charge in [-0.3, -0.25) is 0 Å². The van der Waals surface area contributed by atoms with Crippen molar-refractivity contribution >= 4 is 28.8 Å². The average molecular weight is 471 g/mol. The minimum Gasteiger partial charge on any atom is -0.508 e. The van der Waals surface area contributed by atoms with E-state index in [2.05, 4.69) is 75.4 Å². The number of aromatic nitrogens is 2. The van der Waals surface area contributed by atoms with E-state index in [0.717, 1.165) is 44.8 Å². The summed E-state index contributed by atoms with van der Waals surface area (Å²) >= 11 is 0. The van der Waals surface area contributed by atoms with E-state index in [0.29, 0.717) is 23.0 Å². The Morgan fingerprint density at radius 2 is 1.80 bits per heavy atom. The summed E-state index contributed by atoms with van der Waals surface area (Å²) in [6.07, 6.45) is 2.36. The highest BCUT2D eigenvalue weighted by molar-refractivity contribution is 5.68. The van der Waals surface area contributed by atoms with Gasteiger partial charge in [0.25, 0.3) is 0 Å². The zero-order chi connectivity index (χ0) is 24.8. The molecule has 4 rings (SSSR count). The van der Waals surface area contributed by atoms with Gasteiger partial charge < -0.3 is 25.5 Å². The standard InChI is InChI=1S/C27H32N7O/c1-4-33-11-13-34(14-12-33)23-7-10-25(20(16-23)15-19(2)3)31-27-29-18-21(17-28)26(32-27)30-22-5-8-24(35)9-6-22/h5-10,16,18,35H,4,11-15H2,1-3H3,(H2,29,30,31,32). The molecule has 8 heteroatoms. The zero-order valence-corrected chi connectivity index (χ0v) is 20.5. The fourth-order valence-corrected chi connectivity index (χ4v) is 4.17. The van der Waals surface area contributed by atoms with Crippen LogP contribution in [0.3, 0.4) is 0 Å². The van der Waals surface area contributed by atoms with Crippen LogP contribution >= 0.6 is 0 Å². The Labute approximate surface area is 207 Å². The number of nitriles is 1. The molecule has 0 amide bonds. The van der Waals surface area contributed by atoms with Crippen LogP contribution in [0.25, 0.3) is 0 Å². The fourth-order valence-electron chi connectivity index (χ4n) is 4.17. The van der Waals surface area contributed by atoms with Crippen LogP contribution in [-0.4, -0.2) is 52.7 Å². The summed E-state index contributed by atoms with van der Waals surface area (Å²) in [4.78, 5) is 13.9. The van der Waals surface area contributed by atoms with Crippen molar-refractivity contribution in [1.29, 1.82) is 5.26 Å². The molecule has 1 fully saturated rings. The van der Waals surface area contributed by atoms with Gasteiger partial charge in [-0.1, -0.05) is 20.8 Å². The van der Waals surface area contributed by atoms with Gasteiger partial charge in [-0.05, 0) is 66.9 Å². The van der Waals surface area contributed by atoms with Crippen LogP contribution in [0, 0.1) is 17.2 Å². The minimum absolute atomic E-state index is 0.173. The topological polar surface area (TPSA) is 100 Å². The maximum absolute atomic E-state index is 9.52. The predicted octanol–water partition coefficient (Wildman–Crippen LogP) is 4.84. The van der Waals surface area contributed by atoms with E-state index in [1.807, 2.05) is 0 Å². The molecule has 3 aromatic rings. The molecule has 0 saturated carbocycles. The lowest BCUT2D eigenvalue weighted by Gasteiger charge is -2.36. The second-order valence-electron chi connectivity index (χ2n) is 9.01. The fraction of sp³-hybridized carbons (Fsp3) is 0.333. The first kappa shape index (κ1) is 24.3. The molecule has 0 spiro atoms. The zero-order valence-electron chi connectivity index (χ0n) is 20.5. The number of piperazine rings is 1. The molecule has 1 radical (unpaired) electrons. The second kappa shape index (κ2) is 11.1. The summed E-state index contributed by atoms with van der Waals surface area (Å²) in [7, 11) is 0. The summed E-state index contributed by atoms with van der Waals surface area (Å²) < 4.78 is 0. The molecule has 1 saturated heterocycles. The Balaban J connectivity index is 1.57. The first-order chi connectivity index (χ1) is 16.9. The number of likely N-dealkylation sites (N-methyl/N-ethyl adjacent to an activating group) is 1. The van der Waals surface area contributed by atoms with Gasteiger partial charge in [0.05, 0.1) is 6.20 Å². The number of aromatic hydroxyl groups is 1. The lowest BCUT2D eigenvalue weighted by atomic mass is 10.00. The third kappa shape index (κ3) is 6.19. The van der Waals surface area contributed by atoms with Crippen LogP contribution in [-0.2, 0) is 6.42 Å². The molecule has 0 bridgehead atoms. The van der Waals surface area contributed by atoms with Gasteiger partial charge in [0, 0.05) is 43.2 Å². The van der Waals surface area contributed by atoms with E-state index >= 15 is 0 Å². The van der Waals surface area contributed by atoms with E-state index in [1.54, 1.807) is 24.3 Å². The SMILES string of the molecule is CCN1CCN(c2ccc(Nc3ncc(C#N)c(Nc4ccc(O)cc4)n3)c(C[C](C)C)c2)CC1. The highest BCUT2D eigenvalue weighted by atomic mass is 16.3. The number of phenolic OH excluding ortho intramolecular Hbond substituents is 1. The molecule has 1 aliphatic heterocycles. The molecule has 8 nitrogen and oxygen atoms in total. The first-order valence-corrected chi connectivity index (χ1v) is 11.9. The van der Waals surface area contributed by atoms with Gasteiger partial charge >= 0.3 is 0 Å². The summed E-state index contributed by atoms with van der Waals surface area (Å²) in [5.74, 6) is 2.30. The Morgan fingerprint density at radius 1 is 1.06 bits per heavy atom. The third-order valence-corrected chi connectivity index (χ3v) is 6.10. The van der Waals surface area contributed by atoms with Crippen LogP contribution in [0.5, 0.6) is 5.75 Å². The molecule has 2 aromatic carbocycles. The van der Waals surface area contributed by atoms with E-state index < -0.39 is 0 Å². The second-order valence-corrected chi connectivity index (χ2v) is 9.01.